The molecule has 3 rings (SSSR count). The fourth-order valence-corrected chi connectivity index (χ4v) is 2.79. The van der Waals surface area contributed by atoms with Crippen molar-refractivity contribution in [1.82, 2.24) is 0 Å². The molecule has 0 bridgehead atoms. The van der Waals surface area contributed by atoms with Crippen molar-refractivity contribution >= 4 is 10.0 Å². The van der Waals surface area contributed by atoms with Crippen LogP contribution in [0.1, 0.15) is 25.5 Å². The molecule has 6 heteroatoms. The van der Waals surface area contributed by atoms with Crippen molar-refractivity contribution in [3.63, 3.8) is 0 Å². The highest BCUT2D eigenvalue weighted by Crippen LogP contribution is 2.53. The first kappa shape index (κ1) is 11.0. The third-order valence-corrected chi connectivity index (χ3v) is 4.08. The van der Waals surface area contributed by atoms with Crippen LogP contribution in [-0.2, 0) is 14.8 Å². The lowest BCUT2D eigenvalue weighted by Gasteiger charge is -2.29. The summed E-state index contributed by atoms with van der Waals surface area (Å²) in [6, 6.07) is 4.62. The van der Waals surface area contributed by atoms with Crippen molar-refractivity contribution < 1.29 is 17.9 Å². The number of ether oxygens (including phenoxy) is 2. The number of sulfonamides is 1. The quantitative estimate of drug-likeness (QED) is 0.757. The summed E-state index contributed by atoms with van der Waals surface area (Å²) in [7, 11) is -3.68. The lowest BCUT2D eigenvalue weighted by atomic mass is 9.94. The summed E-state index contributed by atoms with van der Waals surface area (Å²) >= 11 is 0. The largest absolute Gasteiger partial charge is 0.485 e. The van der Waals surface area contributed by atoms with Crippen LogP contribution in [0.2, 0.25) is 0 Å². The first-order chi connectivity index (χ1) is 7.79. The van der Waals surface area contributed by atoms with E-state index in [1.165, 1.54) is 12.1 Å². The number of hydrogen-bond acceptors (Lipinski definition) is 4. The summed E-state index contributed by atoms with van der Waals surface area (Å²) in [5.74, 6) is 0.668. The van der Waals surface area contributed by atoms with E-state index in [4.69, 9.17) is 14.6 Å². The van der Waals surface area contributed by atoms with E-state index in [0.29, 0.717) is 5.75 Å². The van der Waals surface area contributed by atoms with Gasteiger partial charge < -0.3 is 9.47 Å². The van der Waals surface area contributed by atoms with Gasteiger partial charge in [-0.05, 0) is 32.0 Å². The number of fused-ring (bicyclic) bond motifs is 3. The van der Waals surface area contributed by atoms with Gasteiger partial charge in [-0.25, -0.2) is 13.6 Å². The Morgan fingerprint density at radius 2 is 2.06 bits per heavy atom. The first-order valence-electron chi connectivity index (χ1n) is 5.30. The molecule has 0 radical (unpaired) electrons. The molecule has 1 aromatic carbocycles. The van der Waals surface area contributed by atoms with Gasteiger partial charge in [-0.3, -0.25) is 0 Å². The molecule has 0 aliphatic carbocycles. The molecule has 1 fully saturated rings. The molecule has 2 atom stereocenters. The highest BCUT2D eigenvalue weighted by atomic mass is 32.2. The summed E-state index contributed by atoms with van der Waals surface area (Å²) in [4.78, 5) is 0.0915. The zero-order valence-corrected chi connectivity index (χ0v) is 10.3. The topological polar surface area (TPSA) is 81.9 Å². The number of benzene rings is 1. The van der Waals surface area contributed by atoms with Crippen LogP contribution in [0.25, 0.3) is 0 Å². The molecular formula is C11H13NO4S. The van der Waals surface area contributed by atoms with Crippen LogP contribution in [0.15, 0.2) is 23.1 Å². The summed E-state index contributed by atoms with van der Waals surface area (Å²) in [6.07, 6.45) is -0.0822. The van der Waals surface area contributed by atoms with E-state index in [9.17, 15) is 8.42 Å². The predicted octanol–water partition coefficient (Wildman–Crippen LogP) is 0.945. The van der Waals surface area contributed by atoms with Crippen LogP contribution < -0.4 is 9.88 Å². The van der Waals surface area contributed by atoms with E-state index in [0.717, 1.165) is 5.56 Å². The molecule has 2 N–H and O–H groups in total. The number of rotatable bonds is 1. The maximum atomic E-state index is 11.3. The van der Waals surface area contributed by atoms with Gasteiger partial charge in [0.15, 0.2) is 0 Å². The fourth-order valence-electron chi connectivity index (χ4n) is 2.24. The van der Waals surface area contributed by atoms with E-state index >= 15 is 0 Å². The third-order valence-electron chi connectivity index (χ3n) is 3.17. The van der Waals surface area contributed by atoms with Gasteiger partial charge in [0.1, 0.15) is 23.6 Å². The fraction of sp³-hybridized carbons (Fsp3) is 0.455. The Bertz CT molecular complexity index is 593. The molecule has 0 amide bonds. The maximum absolute atomic E-state index is 11.3. The van der Waals surface area contributed by atoms with Crippen molar-refractivity contribution in [2.75, 3.05) is 0 Å². The Morgan fingerprint density at radius 3 is 2.71 bits per heavy atom. The van der Waals surface area contributed by atoms with E-state index in [-0.39, 0.29) is 22.7 Å². The molecule has 0 spiro atoms. The standard InChI is InChI=1S/C11H13NO4S/c1-11(2)10-9(15-10)7-5-6(17(12,13)14)3-4-8(7)16-11/h3-5,9-10H,1-2H3,(H2,12,13,14)/t9-,10-/m0/s1. The lowest BCUT2D eigenvalue weighted by Crippen LogP contribution is -2.37. The lowest BCUT2D eigenvalue weighted by molar-refractivity contribution is 0.0724. The van der Waals surface area contributed by atoms with Crippen molar-refractivity contribution in [2.45, 2.75) is 36.6 Å². The molecule has 0 saturated carbocycles. The molecule has 2 aliphatic heterocycles. The predicted molar refractivity (Wildman–Crippen MR) is 60.1 cm³/mol. The Morgan fingerprint density at radius 1 is 1.35 bits per heavy atom. The minimum atomic E-state index is -3.68. The zero-order valence-electron chi connectivity index (χ0n) is 9.51. The van der Waals surface area contributed by atoms with Crippen LogP contribution in [0.5, 0.6) is 5.75 Å². The zero-order chi connectivity index (χ0) is 12.4. The van der Waals surface area contributed by atoms with Gasteiger partial charge in [0.05, 0.1) is 4.90 Å². The SMILES string of the molecule is CC1(C)Oc2ccc(S(N)(=O)=O)cc2[C@@H]2O[C@@H]21. The van der Waals surface area contributed by atoms with Crippen LogP contribution in [-0.4, -0.2) is 20.1 Å². The third kappa shape index (κ3) is 1.64. The number of epoxide rings is 1. The molecule has 2 aliphatic rings. The van der Waals surface area contributed by atoms with Gasteiger partial charge in [0.2, 0.25) is 10.0 Å². The van der Waals surface area contributed by atoms with Crippen molar-refractivity contribution in [3.8, 4) is 5.75 Å². The average Bonchev–Trinajstić information content (AvgIpc) is 2.95. The van der Waals surface area contributed by atoms with Crippen LogP contribution in [0.4, 0.5) is 0 Å². The monoisotopic (exact) mass is 255 g/mol. The summed E-state index contributed by atoms with van der Waals surface area (Å²) in [5.41, 5.74) is 0.390. The van der Waals surface area contributed by atoms with Crippen molar-refractivity contribution in [2.24, 2.45) is 5.14 Å². The molecule has 17 heavy (non-hydrogen) atoms. The molecule has 5 nitrogen and oxygen atoms in total. The minimum Gasteiger partial charge on any atom is -0.485 e. The van der Waals surface area contributed by atoms with Gasteiger partial charge in [0.25, 0.3) is 0 Å². The van der Waals surface area contributed by atoms with Gasteiger partial charge in [-0.2, -0.15) is 0 Å². The van der Waals surface area contributed by atoms with Crippen molar-refractivity contribution in [3.05, 3.63) is 23.8 Å². The van der Waals surface area contributed by atoms with Crippen molar-refractivity contribution in [1.29, 1.82) is 0 Å². The molecule has 0 aromatic heterocycles. The highest BCUT2D eigenvalue weighted by molar-refractivity contribution is 7.89. The second kappa shape index (κ2) is 3.01. The number of primary sulfonamides is 1. The van der Waals surface area contributed by atoms with E-state index in [1.807, 2.05) is 13.8 Å². The van der Waals surface area contributed by atoms with Crippen LogP contribution in [0.3, 0.4) is 0 Å². The Balaban J connectivity index is 2.10. The Labute approximate surface area is 99.6 Å². The molecule has 1 saturated heterocycles. The normalized spacial score (nSPS) is 28.9. The van der Waals surface area contributed by atoms with Gasteiger partial charge in [-0.15, -0.1) is 0 Å². The minimum absolute atomic E-state index is 0.00858. The second-order valence-electron chi connectivity index (χ2n) is 4.93. The van der Waals surface area contributed by atoms with E-state index in [1.54, 1.807) is 6.07 Å². The maximum Gasteiger partial charge on any atom is 0.238 e. The van der Waals surface area contributed by atoms with Gasteiger partial charge in [-0.1, -0.05) is 0 Å². The Kier molecular flexibility index (Phi) is 1.95. The molecule has 2 heterocycles. The van der Waals surface area contributed by atoms with E-state index < -0.39 is 10.0 Å². The molecule has 0 unspecified atom stereocenters. The smallest absolute Gasteiger partial charge is 0.238 e. The average molecular weight is 255 g/mol. The summed E-state index contributed by atoms with van der Waals surface area (Å²) in [6.45, 7) is 3.91. The van der Waals surface area contributed by atoms with Crippen LogP contribution >= 0.6 is 0 Å². The molecule has 92 valence electrons. The van der Waals surface area contributed by atoms with Gasteiger partial charge >= 0.3 is 0 Å². The second-order valence-corrected chi connectivity index (χ2v) is 6.49. The summed E-state index contributed by atoms with van der Waals surface area (Å²) in [5, 5.41) is 5.09. The number of hydrogen-bond donors (Lipinski definition) is 1. The first-order valence-corrected chi connectivity index (χ1v) is 6.85. The van der Waals surface area contributed by atoms with E-state index in [2.05, 4.69) is 0 Å². The summed E-state index contributed by atoms with van der Waals surface area (Å²) < 4.78 is 33.8. The van der Waals surface area contributed by atoms with Gasteiger partial charge in [0, 0.05) is 5.56 Å². The Hall–Kier alpha value is -1.11. The number of nitrogens with two attached hydrogens (primary N) is 1. The molecule has 1 aromatic rings. The van der Waals surface area contributed by atoms with Crippen LogP contribution in [0, 0.1) is 0 Å². The molecular weight excluding hydrogens is 242 g/mol. The highest BCUT2D eigenvalue weighted by Gasteiger charge is 2.56.